The van der Waals surface area contributed by atoms with Gasteiger partial charge in [0.25, 0.3) is 0 Å². The van der Waals surface area contributed by atoms with Gasteiger partial charge in [-0.2, -0.15) is 0 Å². The van der Waals surface area contributed by atoms with Crippen molar-refractivity contribution < 1.29 is 43.9 Å². The minimum Gasteiger partial charge on any atom is -0.445 e. The number of carbonyl (C=O) groups is 1. The Bertz CT molecular complexity index is 1910. The van der Waals surface area contributed by atoms with Crippen LogP contribution >= 0.6 is 0 Å². The summed E-state index contributed by atoms with van der Waals surface area (Å²) in [4.78, 5) is 13.6. The maximum absolute atomic E-state index is 13.8. The highest BCUT2D eigenvalue weighted by atomic mass is 32.2. The molecule has 0 aliphatic rings. The van der Waals surface area contributed by atoms with Gasteiger partial charge in [-0.25, -0.2) is 22.0 Å². The van der Waals surface area contributed by atoms with Gasteiger partial charge in [0.2, 0.25) is 15.7 Å². The second-order valence-corrected chi connectivity index (χ2v) is 12.0. The molecular formula is C34H21BF8O2S. The summed E-state index contributed by atoms with van der Waals surface area (Å²) in [5.41, 5.74) is 0.690. The predicted octanol–water partition coefficient (Wildman–Crippen LogP) is 8.54. The largest absolute Gasteiger partial charge is 0.515 e. The van der Waals surface area contributed by atoms with Crippen molar-refractivity contribution in [1.82, 2.24) is 0 Å². The molecule has 0 N–H and O–H groups in total. The zero-order valence-corrected chi connectivity index (χ0v) is 24.3. The average molecular weight is 656 g/mol. The summed E-state index contributed by atoms with van der Waals surface area (Å²) in [7, 11) is -2.89. The van der Waals surface area contributed by atoms with E-state index in [4.69, 9.17) is 0 Å². The lowest BCUT2D eigenvalue weighted by Gasteiger charge is -2.17. The van der Waals surface area contributed by atoms with Crippen LogP contribution in [-0.2, 0) is 14.1 Å². The fourth-order valence-corrected chi connectivity index (χ4v) is 5.91. The lowest BCUT2D eigenvalue weighted by Crippen LogP contribution is -2.41. The maximum atomic E-state index is 13.8. The van der Waals surface area contributed by atoms with Crippen LogP contribution < -0.4 is 5.46 Å². The number of halogens is 8. The van der Waals surface area contributed by atoms with E-state index in [-0.39, 0.29) is 11.5 Å². The van der Waals surface area contributed by atoms with Crippen LogP contribution in [0, 0.1) is 40.3 Å². The van der Waals surface area contributed by atoms with E-state index in [1.54, 1.807) is 24.3 Å². The molecular weight excluding hydrogens is 635 g/mol. The van der Waals surface area contributed by atoms with Crippen molar-refractivity contribution >= 4 is 28.2 Å². The summed E-state index contributed by atoms with van der Waals surface area (Å²) in [5, 5.41) is 2.92. The Hall–Kier alpha value is -5.02. The van der Waals surface area contributed by atoms with Crippen molar-refractivity contribution in [3.8, 4) is 22.3 Å². The Balaban J connectivity index is 0.000000270. The van der Waals surface area contributed by atoms with Gasteiger partial charge in [0.05, 0.1) is 0 Å². The van der Waals surface area contributed by atoms with Crippen LogP contribution in [0.15, 0.2) is 120 Å². The molecule has 1 unspecified atom stereocenters. The number of carbonyl (C=O) groups excluding carboxylic acids is 1. The van der Waals surface area contributed by atoms with Crippen molar-refractivity contribution in [2.45, 2.75) is 4.90 Å². The van der Waals surface area contributed by atoms with Gasteiger partial charge in [-0.15, -0.1) is 0 Å². The molecule has 0 fully saturated rings. The predicted molar refractivity (Wildman–Crippen MR) is 162 cm³/mol. The minimum absolute atomic E-state index is 0.151. The smallest absolute Gasteiger partial charge is 0.445 e. The van der Waals surface area contributed by atoms with Crippen LogP contribution in [-0.4, -0.2) is 18.5 Å². The van der Waals surface area contributed by atoms with E-state index in [2.05, 4.69) is 11.2 Å². The van der Waals surface area contributed by atoms with E-state index < -0.39 is 51.5 Å². The normalized spacial score (nSPS) is 12.2. The van der Waals surface area contributed by atoms with Gasteiger partial charge in [-0.1, -0.05) is 95.2 Å². The first kappa shape index (κ1) is 33.9. The number of Topliss-reactive ketones (excluding diaryl/α,β-unsaturated/α-hetero) is 1. The molecule has 5 rings (SSSR count). The number of hydrogen-bond donors (Lipinski definition) is 0. The van der Waals surface area contributed by atoms with Crippen LogP contribution in [0.2, 0.25) is 0 Å². The van der Waals surface area contributed by atoms with E-state index in [0.29, 0.717) is 10.5 Å². The number of rotatable bonds is 6. The zero-order chi connectivity index (χ0) is 33.5. The van der Waals surface area contributed by atoms with Gasteiger partial charge in [-0.05, 0) is 46.8 Å². The summed E-state index contributed by atoms with van der Waals surface area (Å²) in [6.07, 6.45) is 0. The fourth-order valence-electron chi connectivity index (χ4n) is 4.14. The first-order valence-electron chi connectivity index (χ1n) is 13.4. The molecule has 0 saturated heterocycles. The molecule has 12 heteroatoms. The minimum atomic E-state index is -6.30. The van der Waals surface area contributed by atoms with Crippen LogP contribution in [0.1, 0.15) is 15.9 Å². The quantitative estimate of drug-likeness (QED) is 0.0349. The molecule has 2 nitrogen and oxygen atoms in total. The summed E-state index contributed by atoms with van der Waals surface area (Å²) in [6.45, 7) is -6.30. The molecule has 0 amide bonds. The summed E-state index contributed by atoms with van der Waals surface area (Å²) >= 11 is 0. The van der Waals surface area contributed by atoms with E-state index in [1.807, 2.05) is 91.0 Å². The Kier molecular flexibility index (Phi) is 10.6. The topological polar surface area (TPSA) is 34.1 Å². The molecule has 5 aromatic rings. The Morgan fingerprint density at radius 2 is 1.02 bits per heavy atom. The van der Waals surface area contributed by atoms with Gasteiger partial charge in [0.15, 0.2) is 33.4 Å². The molecule has 0 aromatic heterocycles. The van der Waals surface area contributed by atoms with E-state index in [1.165, 1.54) is 0 Å². The Morgan fingerprint density at radius 1 is 0.587 bits per heavy atom. The highest BCUT2D eigenvalue weighted by molar-refractivity contribution is 8.07. The van der Waals surface area contributed by atoms with E-state index >= 15 is 0 Å². The number of benzene rings is 5. The number of hydrogen-bond acceptors (Lipinski definition) is 2. The summed E-state index contributed by atoms with van der Waals surface area (Å²) < 4.78 is 111. The first-order valence-corrected chi connectivity index (χ1v) is 15.1. The molecule has 0 saturated carbocycles. The standard InChI is InChI=1S/C28H21O2S.C6BF8/c29-28(26-18-16-25(17-19-26)24-12-6-2-7-13-24)22-31(30,27-14-8-3-9-15-27)21-20-23-10-4-1-5-11-23;8-2-1(7(13,14)15)3(9)5(11)6(12)4(2)10/h1-19H,22H2;/q+1;-1. The van der Waals surface area contributed by atoms with Crippen LogP contribution in [0.4, 0.5) is 34.9 Å². The van der Waals surface area contributed by atoms with Crippen molar-refractivity contribution in [3.05, 3.63) is 155 Å². The monoisotopic (exact) mass is 656 g/mol. The van der Waals surface area contributed by atoms with Crippen LogP contribution in [0.25, 0.3) is 11.1 Å². The SMILES string of the molecule is Fc1c(F)c(F)c([B-](F)(F)F)c(F)c1F.O=C(C[S+](=O)(C#Cc1ccccc1)c1ccccc1)c1ccc(-c2ccccc2)cc1. The number of ketones is 1. The molecule has 0 bridgehead atoms. The van der Waals surface area contributed by atoms with Gasteiger partial charge >= 0.3 is 6.98 Å². The second kappa shape index (κ2) is 14.4. The molecule has 0 radical (unpaired) electrons. The average Bonchev–Trinajstić information content (AvgIpc) is 3.06. The highest BCUT2D eigenvalue weighted by Crippen LogP contribution is 2.24. The summed E-state index contributed by atoms with van der Waals surface area (Å²) in [5.74, 6) is -10.9. The van der Waals surface area contributed by atoms with Crippen LogP contribution in [0.5, 0.6) is 0 Å². The third-order valence-corrected chi connectivity index (χ3v) is 8.61. The Morgan fingerprint density at radius 3 is 1.52 bits per heavy atom. The summed E-state index contributed by atoms with van der Waals surface area (Å²) in [6, 6.07) is 35.8. The maximum Gasteiger partial charge on any atom is 0.515 e. The lowest BCUT2D eigenvalue weighted by atomic mass is 9.79. The van der Waals surface area contributed by atoms with Crippen molar-refractivity contribution in [2.75, 3.05) is 5.75 Å². The molecule has 46 heavy (non-hydrogen) atoms. The van der Waals surface area contributed by atoms with Crippen molar-refractivity contribution in [2.24, 2.45) is 0 Å². The fraction of sp³-hybridized carbons (Fsp3) is 0.0294. The van der Waals surface area contributed by atoms with Crippen LogP contribution in [0.3, 0.4) is 0 Å². The zero-order valence-electron chi connectivity index (χ0n) is 23.5. The molecule has 0 aliphatic heterocycles. The lowest BCUT2D eigenvalue weighted by molar-refractivity contribution is 0.102. The molecule has 1 atom stereocenters. The van der Waals surface area contributed by atoms with E-state index in [9.17, 15) is 43.9 Å². The van der Waals surface area contributed by atoms with Gasteiger partial charge in [0.1, 0.15) is 11.6 Å². The van der Waals surface area contributed by atoms with Gasteiger partial charge in [0, 0.05) is 11.1 Å². The first-order chi connectivity index (χ1) is 21.8. The molecule has 234 valence electrons. The molecule has 0 aliphatic carbocycles. The van der Waals surface area contributed by atoms with Gasteiger partial charge < -0.3 is 12.9 Å². The Labute approximate surface area is 260 Å². The molecule has 0 spiro atoms. The molecule has 0 heterocycles. The molecule has 5 aromatic carbocycles. The third kappa shape index (κ3) is 7.97. The highest BCUT2D eigenvalue weighted by Gasteiger charge is 2.38. The third-order valence-electron chi connectivity index (χ3n) is 6.48. The van der Waals surface area contributed by atoms with Gasteiger partial charge in [-0.3, -0.25) is 4.79 Å². The second-order valence-electron chi connectivity index (χ2n) is 9.65. The van der Waals surface area contributed by atoms with E-state index in [0.717, 1.165) is 16.7 Å². The van der Waals surface area contributed by atoms with Crippen molar-refractivity contribution in [1.29, 1.82) is 0 Å². The van der Waals surface area contributed by atoms with Crippen molar-refractivity contribution in [3.63, 3.8) is 0 Å².